The van der Waals surface area contributed by atoms with E-state index in [-0.39, 0.29) is 0 Å². The van der Waals surface area contributed by atoms with Gasteiger partial charge in [0.1, 0.15) is 5.82 Å². The SMILES string of the molecule is Cc1cc(C(N)=O)cc(NCC2CCCCN2)n1. The first-order valence-corrected chi connectivity index (χ1v) is 6.41. The minimum Gasteiger partial charge on any atom is -0.368 e. The third kappa shape index (κ3) is 3.43. The van der Waals surface area contributed by atoms with Crippen molar-refractivity contribution in [1.29, 1.82) is 0 Å². The molecule has 1 aliphatic heterocycles. The van der Waals surface area contributed by atoms with Gasteiger partial charge in [0.25, 0.3) is 0 Å². The summed E-state index contributed by atoms with van der Waals surface area (Å²) in [6, 6.07) is 3.89. The maximum atomic E-state index is 11.2. The van der Waals surface area contributed by atoms with Crippen molar-refractivity contribution in [2.45, 2.75) is 32.2 Å². The molecular weight excluding hydrogens is 228 g/mol. The van der Waals surface area contributed by atoms with Crippen LogP contribution >= 0.6 is 0 Å². The van der Waals surface area contributed by atoms with Crippen LogP contribution in [0.15, 0.2) is 12.1 Å². The van der Waals surface area contributed by atoms with Crippen LogP contribution in [0.1, 0.15) is 35.3 Å². The lowest BCUT2D eigenvalue weighted by atomic mass is 10.1. The summed E-state index contributed by atoms with van der Waals surface area (Å²) in [5.41, 5.74) is 6.58. The molecule has 0 saturated carbocycles. The number of pyridine rings is 1. The molecule has 1 unspecified atom stereocenters. The monoisotopic (exact) mass is 248 g/mol. The van der Waals surface area contributed by atoms with Gasteiger partial charge < -0.3 is 16.4 Å². The van der Waals surface area contributed by atoms with Gasteiger partial charge in [-0.1, -0.05) is 6.42 Å². The van der Waals surface area contributed by atoms with Gasteiger partial charge in [-0.25, -0.2) is 4.98 Å². The highest BCUT2D eigenvalue weighted by Gasteiger charge is 2.12. The van der Waals surface area contributed by atoms with Crippen molar-refractivity contribution >= 4 is 11.7 Å². The van der Waals surface area contributed by atoms with Crippen LogP contribution in [0.3, 0.4) is 0 Å². The highest BCUT2D eigenvalue weighted by molar-refractivity contribution is 5.93. The van der Waals surface area contributed by atoms with E-state index in [1.165, 1.54) is 19.3 Å². The molecule has 2 heterocycles. The van der Waals surface area contributed by atoms with E-state index in [0.29, 0.717) is 11.6 Å². The number of carbonyl (C=O) groups is 1. The van der Waals surface area contributed by atoms with Gasteiger partial charge in [-0.3, -0.25) is 4.79 Å². The number of nitrogens with one attached hydrogen (secondary N) is 2. The lowest BCUT2D eigenvalue weighted by molar-refractivity contribution is 0.1000. The molecule has 18 heavy (non-hydrogen) atoms. The predicted molar refractivity (Wildman–Crippen MR) is 71.6 cm³/mol. The first-order chi connectivity index (χ1) is 8.65. The second-order valence-corrected chi connectivity index (χ2v) is 4.77. The van der Waals surface area contributed by atoms with Gasteiger partial charge in [0, 0.05) is 23.8 Å². The highest BCUT2D eigenvalue weighted by Crippen LogP contribution is 2.12. The zero-order chi connectivity index (χ0) is 13.0. The second kappa shape index (κ2) is 5.82. The van der Waals surface area contributed by atoms with Crippen LogP contribution in [0.25, 0.3) is 0 Å². The van der Waals surface area contributed by atoms with E-state index >= 15 is 0 Å². The molecule has 1 amide bonds. The van der Waals surface area contributed by atoms with E-state index in [2.05, 4.69) is 15.6 Å². The summed E-state index contributed by atoms with van der Waals surface area (Å²) in [7, 11) is 0. The molecule has 0 bridgehead atoms. The third-order valence-corrected chi connectivity index (χ3v) is 3.18. The van der Waals surface area contributed by atoms with Gasteiger partial charge in [-0.05, 0) is 38.4 Å². The lowest BCUT2D eigenvalue weighted by Crippen LogP contribution is -2.39. The molecule has 0 spiro atoms. The second-order valence-electron chi connectivity index (χ2n) is 4.77. The topological polar surface area (TPSA) is 80.0 Å². The molecule has 0 radical (unpaired) electrons. The van der Waals surface area contributed by atoms with Crippen LogP contribution in [-0.4, -0.2) is 30.0 Å². The number of aromatic nitrogens is 1. The molecule has 5 nitrogen and oxygen atoms in total. The number of hydrogen-bond acceptors (Lipinski definition) is 4. The first-order valence-electron chi connectivity index (χ1n) is 6.41. The molecular formula is C13H20N4O. The number of nitrogens with two attached hydrogens (primary N) is 1. The average molecular weight is 248 g/mol. The lowest BCUT2D eigenvalue weighted by Gasteiger charge is -2.23. The van der Waals surface area contributed by atoms with Crippen molar-refractivity contribution in [2.24, 2.45) is 5.73 Å². The Kier molecular flexibility index (Phi) is 4.15. The van der Waals surface area contributed by atoms with Crippen molar-refractivity contribution in [1.82, 2.24) is 10.3 Å². The van der Waals surface area contributed by atoms with Gasteiger partial charge in [-0.2, -0.15) is 0 Å². The van der Waals surface area contributed by atoms with E-state index in [0.717, 1.165) is 24.6 Å². The molecule has 1 fully saturated rings. The molecule has 1 saturated heterocycles. The first kappa shape index (κ1) is 12.8. The Hall–Kier alpha value is -1.62. The minimum atomic E-state index is -0.417. The molecule has 5 heteroatoms. The summed E-state index contributed by atoms with van der Waals surface area (Å²) in [6.45, 7) is 3.77. The molecule has 4 N–H and O–H groups in total. The van der Waals surface area contributed by atoms with Crippen LogP contribution < -0.4 is 16.4 Å². The standard InChI is InChI=1S/C13H20N4O/c1-9-6-10(13(14)18)7-12(17-9)16-8-11-4-2-3-5-15-11/h6-7,11,15H,2-5,8H2,1H3,(H2,14,18)(H,16,17). The van der Waals surface area contributed by atoms with Crippen LogP contribution in [-0.2, 0) is 0 Å². The van der Waals surface area contributed by atoms with Crippen LogP contribution in [0.5, 0.6) is 0 Å². The van der Waals surface area contributed by atoms with E-state index < -0.39 is 5.91 Å². The number of primary amides is 1. The fourth-order valence-electron chi connectivity index (χ4n) is 2.23. The third-order valence-electron chi connectivity index (χ3n) is 3.18. The fourth-order valence-corrected chi connectivity index (χ4v) is 2.23. The summed E-state index contributed by atoms with van der Waals surface area (Å²) < 4.78 is 0. The minimum absolute atomic E-state index is 0.417. The van der Waals surface area contributed by atoms with E-state index in [1.54, 1.807) is 12.1 Å². The fraction of sp³-hybridized carbons (Fsp3) is 0.538. The normalized spacial score (nSPS) is 19.5. The largest absolute Gasteiger partial charge is 0.368 e. The molecule has 1 atom stereocenters. The van der Waals surface area contributed by atoms with E-state index in [4.69, 9.17) is 5.73 Å². The Morgan fingerprint density at radius 3 is 3.06 bits per heavy atom. The van der Waals surface area contributed by atoms with Gasteiger partial charge in [-0.15, -0.1) is 0 Å². The summed E-state index contributed by atoms with van der Waals surface area (Å²) in [4.78, 5) is 15.5. The van der Waals surface area contributed by atoms with Crippen LogP contribution in [0.2, 0.25) is 0 Å². The van der Waals surface area contributed by atoms with Crippen molar-refractivity contribution < 1.29 is 4.79 Å². The maximum absolute atomic E-state index is 11.2. The number of hydrogen-bond donors (Lipinski definition) is 3. The Labute approximate surface area is 107 Å². The zero-order valence-corrected chi connectivity index (χ0v) is 10.7. The van der Waals surface area contributed by atoms with Gasteiger partial charge in [0.15, 0.2) is 0 Å². The molecule has 1 aromatic heterocycles. The van der Waals surface area contributed by atoms with Crippen LogP contribution in [0, 0.1) is 6.92 Å². The quantitative estimate of drug-likeness (QED) is 0.744. The summed E-state index contributed by atoms with van der Waals surface area (Å²) in [6.07, 6.45) is 3.71. The Morgan fingerprint density at radius 2 is 2.39 bits per heavy atom. The number of amides is 1. The molecule has 1 aliphatic rings. The van der Waals surface area contributed by atoms with Crippen molar-refractivity contribution in [3.05, 3.63) is 23.4 Å². The van der Waals surface area contributed by atoms with Gasteiger partial charge in [0.2, 0.25) is 5.91 Å². The maximum Gasteiger partial charge on any atom is 0.248 e. The number of piperidine rings is 1. The number of rotatable bonds is 4. The van der Waals surface area contributed by atoms with E-state index in [1.807, 2.05) is 6.92 Å². The molecule has 2 rings (SSSR count). The number of aryl methyl sites for hydroxylation is 1. The molecule has 1 aromatic rings. The Morgan fingerprint density at radius 1 is 1.56 bits per heavy atom. The summed E-state index contributed by atoms with van der Waals surface area (Å²) in [5.74, 6) is 0.301. The average Bonchev–Trinajstić information content (AvgIpc) is 2.37. The number of anilines is 1. The Bertz CT molecular complexity index is 427. The molecule has 98 valence electrons. The zero-order valence-electron chi connectivity index (χ0n) is 10.7. The number of nitrogens with zero attached hydrogens (tertiary/aromatic N) is 1. The molecule has 0 aliphatic carbocycles. The number of carbonyl (C=O) groups excluding carboxylic acids is 1. The highest BCUT2D eigenvalue weighted by atomic mass is 16.1. The van der Waals surface area contributed by atoms with Gasteiger partial charge in [0.05, 0.1) is 0 Å². The molecule has 0 aromatic carbocycles. The van der Waals surface area contributed by atoms with Crippen molar-refractivity contribution in [2.75, 3.05) is 18.4 Å². The summed E-state index contributed by atoms with van der Waals surface area (Å²) in [5, 5.41) is 6.73. The van der Waals surface area contributed by atoms with Gasteiger partial charge >= 0.3 is 0 Å². The predicted octanol–water partition coefficient (Wildman–Crippen LogP) is 1.04. The summed E-state index contributed by atoms with van der Waals surface area (Å²) >= 11 is 0. The van der Waals surface area contributed by atoms with Crippen molar-refractivity contribution in [3.8, 4) is 0 Å². The smallest absolute Gasteiger partial charge is 0.248 e. The van der Waals surface area contributed by atoms with E-state index in [9.17, 15) is 4.79 Å². The van der Waals surface area contributed by atoms with Crippen molar-refractivity contribution in [3.63, 3.8) is 0 Å². The van der Waals surface area contributed by atoms with Crippen LogP contribution in [0.4, 0.5) is 5.82 Å². The Balaban J connectivity index is 1.97.